The molecule has 0 bridgehead atoms. The summed E-state index contributed by atoms with van der Waals surface area (Å²) in [5.41, 5.74) is 3.05. The summed E-state index contributed by atoms with van der Waals surface area (Å²) in [6.07, 6.45) is 0.917. The van der Waals surface area contributed by atoms with E-state index in [0.717, 1.165) is 34.9 Å². The number of alkyl halides is 1. The van der Waals surface area contributed by atoms with Crippen molar-refractivity contribution < 1.29 is 9.47 Å². The fourth-order valence-electron chi connectivity index (χ4n) is 1.94. The lowest BCUT2D eigenvalue weighted by Gasteiger charge is -2.11. The molecule has 0 amide bonds. The number of ether oxygens (including phenoxy) is 2. The molecular weight excluding hydrogens is 276 g/mol. The smallest absolute Gasteiger partial charge is 0.130 e. The Bertz CT molecular complexity index is 581. The summed E-state index contributed by atoms with van der Waals surface area (Å²) in [5.74, 6) is 1.91. The van der Waals surface area contributed by atoms with E-state index in [-0.39, 0.29) is 0 Å². The van der Waals surface area contributed by atoms with Gasteiger partial charge in [0.25, 0.3) is 0 Å². The van der Waals surface area contributed by atoms with Crippen molar-refractivity contribution in [1.82, 2.24) is 9.78 Å². The molecule has 1 aromatic carbocycles. The zero-order chi connectivity index (χ0) is 14.5. The lowest BCUT2D eigenvalue weighted by Crippen LogP contribution is -2.04. The highest BCUT2D eigenvalue weighted by molar-refractivity contribution is 6.17. The number of hydrogen-bond acceptors (Lipinski definition) is 3. The summed E-state index contributed by atoms with van der Waals surface area (Å²) in [5, 5.41) is 4.40. The fraction of sp³-hybridized carbons (Fsp3) is 0.400. The summed E-state index contributed by atoms with van der Waals surface area (Å²) in [7, 11) is 3.56. The standard InChI is InChI=1S/C15H19ClN2O2/c1-4-12-7-13(18(2)17-12)10-20-15-8-14(19-3)6-5-11(15)9-16/h5-8H,4,9-10H2,1-3H3. The normalized spacial score (nSPS) is 10.6. The molecule has 0 spiro atoms. The number of aromatic nitrogens is 2. The second kappa shape index (κ2) is 6.66. The molecule has 0 atom stereocenters. The monoisotopic (exact) mass is 294 g/mol. The Hall–Kier alpha value is -1.68. The molecule has 2 aromatic rings. The van der Waals surface area contributed by atoms with Crippen molar-refractivity contribution in [3.63, 3.8) is 0 Å². The molecule has 2 rings (SSSR count). The van der Waals surface area contributed by atoms with Crippen LogP contribution in [0.2, 0.25) is 0 Å². The Morgan fingerprint density at radius 2 is 2.10 bits per heavy atom. The summed E-state index contributed by atoms with van der Waals surface area (Å²) in [4.78, 5) is 0. The average Bonchev–Trinajstić information content (AvgIpc) is 2.85. The van der Waals surface area contributed by atoms with Crippen molar-refractivity contribution in [2.75, 3.05) is 7.11 Å². The highest BCUT2D eigenvalue weighted by Gasteiger charge is 2.08. The minimum atomic E-state index is 0.408. The second-order valence-electron chi connectivity index (χ2n) is 4.50. The SMILES string of the molecule is CCc1cc(COc2cc(OC)ccc2CCl)n(C)n1. The molecule has 0 aliphatic carbocycles. The van der Waals surface area contributed by atoms with Crippen molar-refractivity contribution in [1.29, 1.82) is 0 Å². The van der Waals surface area contributed by atoms with Crippen LogP contribution in [0.4, 0.5) is 0 Å². The van der Waals surface area contributed by atoms with Crippen molar-refractivity contribution in [3.05, 3.63) is 41.2 Å². The van der Waals surface area contributed by atoms with Crippen molar-refractivity contribution in [2.45, 2.75) is 25.8 Å². The summed E-state index contributed by atoms with van der Waals surface area (Å²) in [6.45, 7) is 2.54. The molecule has 0 aliphatic rings. The Labute approximate surface area is 124 Å². The molecule has 0 aliphatic heterocycles. The van der Waals surface area contributed by atoms with Crippen LogP contribution in [0.25, 0.3) is 0 Å². The molecule has 0 saturated heterocycles. The van der Waals surface area contributed by atoms with Gasteiger partial charge in [-0.1, -0.05) is 13.0 Å². The van der Waals surface area contributed by atoms with Gasteiger partial charge in [-0.15, -0.1) is 11.6 Å². The van der Waals surface area contributed by atoms with Crippen molar-refractivity contribution in [3.8, 4) is 11.5 Å². The predicted octanol–water partition coefficient (Wildman–Crippen LogP) is 3.31. The molecule has 0 fully saturated rings. The van der Waals surface area contributed by atoms with Crippen molar-refractivity contribution >= 4 is 11.6 Å². The first-order valence-corrected chi connectivity index (χ1v) is 7.08. The number of halogens is 1. The fourth-order valence-corrected chi connectivity index (χ4v) is 2.16. The lowest BCUT2D eigenvalue weighted by molar-refractivity contribution is 0.290. The highest BCUT2D eigenvalue weighted by Crippen LogP contribution is 2.27. The van der Waals surface area contributed by atoms with Gasteiger partial charge < -0.3 is 9.47 Å². The van der Waals surface area contributed by atoms with E-state index in [9.17, 15) is 0 Å². The molecule has 0 unspecified atom stereocenters. The Morgan fingerprint density at radius 3 is 2.70 bits per heavy atom. The first-order chi connectivity index (χ1) is 9.67. The zero-order valence-electron chi connectivity index (χ0n) is 12.0. The van der Waals surface area contributed by atoms with Crippen LogP contribution in [-0.4, -0.2) is 16.9 Å². The van der Waals surface area contributed by atoms with Crippen LogP contribution in [0, 0.1) is 0 Å². The number of nitrogens with zero attached hydrogens (tertiary/aromatic N) is 2. The molecule has 108 valence electrons. The van der Waals surface area contributed by atoms with E-state index in [1.54, 1.807) is 7.11 Å². The van der Waals surface area contributed by atoms with Gasteiger partial charge in [0.2, 0.25) is 0 Å². The van der Waals surface area contributed by atoms with E-state index in [1.165, 1.54) is 0 Å². The van der Waals surface area contributed by atoms with Gasteiger partial charge in [0, 0.05) is 18.7 Å². The molecule has 4 nitrogen and oxygen atoms in total. The van der Waals surface area contributed by atoms with E-state index < -0.39 is 0 Å². The highest BCUT2D eigenvalue weighted by atomic mass is 35.5. The van der Waals surface area contributed by atoms with E-state index >= 15 is 0 Å². The Morgan fingerprint density at radius 1 is 1.30 bits per heavy atom. The summed E-state index contributed by atoms with van der Waals surface area (Å²) >= 11 is 5.93. The molecular formula is C15H19ClN2O2. The van der Waals surface area contributed by atoms with Gasteiger partial charge in [-0.25, -0.2) is 0 Å². The van der Waals surface area contributed by atoms with Crippen LogP contribution in [-0.2, 0) is 26.0 Å². The number of hydrogen-bond donors (Lipinski definition) is 0. The van der Waals surface area contributed by atoms with Crippen LogP contribution < -0.4 is 9.47 Å². The third-order valence-electron chi connectivity index (χ3n) is 3.18. The molecule has 0 N–H and O–H groups in total. The quantitative estimate of drug-likeness (QED) is 0.767. The van der Waals surface area contributed by atoms with E-state index in [0.29, 0.717) is 12.5 Å². The maximum absolute atomic E-state index is 5.93. The maximum Gasteiger partial charge on any atom is 0.130 e. The van der Waals surface area contributed by atoms with E-state index in [1.807, 2.05) is 29.9 Å². The van der Waals surface area contributed by atoms with Crippen molar-refractivity contribution in [2.24, 2.45) is 7.05 Å². The topological polar surface area (TPSA) is 36.3 Å². The molecule has 0 saturated carbocycles. The van der Waals surface area contributed by atoms with Gasteiger partial charge in [-0.3, -0.25) is 4.68 Å². The Kier molecular flexibility index (Phi) is 4.90. The molecule has 0 radical (unpaired) electrons. The van der Waals surface area contributed by atoms with Gasteiger partial charge >= 0.3 is 0 Å². The largest absolute Gasteiger partial charge is 0.497 e. The predicted molar refractivity (Wildman–Crippen MR) is 79.5 cm³/mol. The minimum absolute atomic E-state index is 0.408. The maximum atomic E-state index is 5.93. The second-order valence-corrected chi connectivity index (χ2v) is 4.77. The third-order valence-corrected chi connectivity index (χ3v) is 3.47. The van der Waals surface area contributed by atoms with Crippen LogP contribution >= 0.6 is 11.6 Å². The summed E-state index contributed by atoms with van der Waals surface area (Å²) in [6, 6.07) is 7.71. The van der Waals surface area contributed by atoms with Gasteiger partial charge in [0.05, 0.1) is 24.4 Å². The summed E-state index contributed by atoms with van der Waals surface area (Å²) < 4.78 is 12.9. The number of aryl methyl sites for hydroxylation is 2. The number of benzene rings is 1. The van der Waals surface area contributed by atoms with E-state index in [4.69, 9.17) is 21.1 Å². The van der Waals surface area contributed by atoms with Gasteiger partial charge in [0.1, 0.15) is 18.1 Å². The molecule has 5 heteroatoms. The Balaban J connectivity index is 2.14. The number of methoxy groups -OCH3 is 1. The third kappa shape index (κ3) is 3.25. The zero-order valence-corrected chi connectivity index (χ0v) is 12.8. The first kappa shape index (κ1) is 14.7. The lowest BCUT2D eigenvalue weighted by atomic mass is 10.2. The van der Waals surface area contributed by atoms with Gasteiger partial charge in [-0.2, -0.15) is 5.10 Å². The number of rotatable bonds is 6. The minimum Gasteiger partial charge on any atom is -0.497 e. The van der Waals surface area contributed by atoms with E-state index in [2.05, 4.69) is 18.1 Å². The van der Waals surface area contributed by atoms with Crippen LogP contribution in [0.1, 0.15) is 23.9 Å². The van der Waals surface area contributed by atoms with Gasteiger partial charge in [-0.05, 0) is 18.6 Å². The first-order valence-electron chi connectivity index (χ1n) is 6.55. The molecule has 1 heterocycles. The van der Waals surface area contributed by atoms with Crippen LogP contribution in [0.15, 0.2) is 24.3 Å². The van der Waals surface area contributed by atoms with Gasteiger partial charge in [0.15, 0.2) is 0 Å². The van der Waals surface area contributed by atoms with Crippen LogP contribution in [0.3, 0.4) is 0 Å². The molecule has 1 aromatic heterocycles. The average molecular weight is 295 g/mol. The van der Waals surface area contributed by atoms with Crippen LogP contribution in [0.5, 0.6) is 11.5 Å². The molecule has 20 heavy (non-hydrogen) atoms.